The van der Waals surface area contributed by atoms with Gasteiger partial charge in [-0.05, 0) is 55.5 Å². The minimum absolute atomic E-state index is 0.634. The van der Waals surface area contributed by atoms with E-state index in [2.05, 4.69) is 57.3 Å². The lowest BCUT2D eigenvalue weighted by molar-refractivity contribution is 0.307. The maximum Gasteiger partial charge on any atom is 0.119 e. The summed E-state index contributed by atoms with van der Waals surface area (Å²) in [6, 6.07) is 8.53. The van der Waals surface area contributed by atoms with Gasteiger partial charge in [-0.25, -0.2) is 0 Å². The van der Waals surface area contributed by atoms with Gasteiger partial charge in [-0.3, -0.25) is 0 Å². The summed E-state index contributed by atoms with van der Waals surface area (Å²) in [5, 5.41) is 3.42. The Bertz CT molecular complexity index is 332. The second-order valence-corrected chi connectivity index (χ2v) is 5.68. The second-order valence-electron chi connectivity index (χ2n) is 5.68. The highest BCUT2D eigenvalue weighted by molar-refractivity contribution is 5.29. The third-order valence-corrected chi connectivity index (χ3v) is 3.38. The van der Waals surface area contributed by atoms with Crippen molar-refractivity contribution < 1.29 is 4.74 Å². The van der Waals surface area contributed by atoms with E-state index in [0.29, 0.717) is 11.8 Å². The van der Waals surface area contributed by atoms with E-state index < -0.39 is 0 Å². The van der Waals surface area contributed by atoms with Crippen LogP contribution in [0.1, 0.15) is 52.0 Å². The molecule has 0 saturated heterocycles. The molecule has 1 N–H and O–H groups in total. The summed E-state index contributed by atoms with van der Waals surface area (Å²) in [6.07, 6.45) is 2.24. The topological polar surface area (TPSA) is 21.3 Å². The van der Waals surface area contributed by atoms with Crippen molar-refractivity contribution in [2.24, 2.45) is 5.92 Å². The molecule has 1 rings (SSSR count). The highest BCUT2D eigenvalue weighted by Gasteiger charge is 2.02. The molecule has 1 unspecified atom stereocenters. The monoisotopic (exact) mass is 263 g/mol. The Morgan fingerprint density at radius 2 is 1.79 bits per heavy atom. The lowest BCUT2D eigenvalue weighted by atomic mass is 9.99. The predicted molar refractivity (Wildman–Crippen MR) is 83.0 cm³/mol. The fraction of sp³-hybridized carbons (Fsp3) is 0.647. The quantitative estimate of drug-likeness (QED) is 0.674. The summed E-state index contributed by atoms with van der Waals surface area (Å²) in [6.45, 7) is 11.8. The van der Waals surface area contributed by atoms with Crippen LogP contribution in [0, 0.1) is 5.92 Å². The maximum atomic E-state index is 5.74. The van der Waals surface area contributed by atoms with E-state index in [4.69, 9.17) is 4.74 Å². The first kappa shape index (κ1) is 16.0. The first-order valence-electron chi connectivity index (χ1n) is 7.57. The van der Waals surface area contributed by atoms with Crippen molar-refractivity contribution in [3.05, 3.63) is 29.8 Å². The van der Waals surface area contributed by atoms with E-state index in [1.807, 2.05) is 0 Å². The van der Waals surface area contributed by atoms with Crippen LogP contribution in [0.25, 0.3) is 0 Å². The molecule has 0 heterocycles. The van der Waals surface area contributed by atoms with Gasteiger partial charge < -0.3 is 10.1 Å². The first-order valence-corrected chi connectivity index (χ1v) is 7.57. The number of benzene rings is 1. The van der Waals surface area contributed by atoms with E-state index in [1.54, 1.807) is 0 Å². The Balaban J connectivity index is 2.19. The first-order chi connectivity index (χ1) is 9.13. The SMILES string of the molecule is CCC(C)c1ccc(OCCCNCC(C)C)cc1. The predicted octanol–water partition coefficient (Wildman–Crippen LogP) is 4.21. The van der Waals surface area contributed by atoms with Gasteiger partial charge in [0.2, 0.25) is 0 Å². The lowest BCUT2D eigenvalue weighted by Crippen LogP contribution is -2.22. The Labute approximate surface area is 118 Å². The van der Waals surface area contributed by atoms with Crippen LogP contribution in [0.5, 0.6) is 5.75 Å². The van der Waals surface area contributed by atoms with Crippen LogP contribution in [0.2, 0.25) is 0 Å². The van der Waals surface area contributed by atoms with Crippen LogP contribution in [0.3, 0.4) is 0 Å². The average molecular weight is 263 g/mol. The summed E-state index contributed by atoms with van der Waals surface area (Å²) in [5.74, 6) is 2.33. The van der Waals surface area contributed by atoms with Gasteiger partial charge in [0.05, 0.1) is 6.61 Å². The summed E-state index contributed by atoms with van der Waals surface area (Å²) < 4.78 is 5.74. The molecule has 1 atom stereocenters. The van der Waals surface area contributed by atoms with Crippen LogP contribution in [0.15, 0.2) is 24.3 Å². The van der Waals surface area contributed by atoms with Crippen molar-refractivity contribution in [2.75, 3.05) is 19.7 Å². The van der Waals surface area contributed by atoms with Gasteiger partial charge in [0, 0.05) is 0 Å². The zero-order valence-electron chi connectivity index (χ0n) is 12.9. The summed E-state index contributed by atoms with van der Waals surface area (Å²) in [7, 11) is 0. The van der Waals surface area contributed by atoms with Crippen molar-refractivity contribution in [2.45, 2.75) is 46.5 Å². The second kappa shape index (κ2) is 8.98. The fourth-order valence-electron chi connectivity index (χ4n) is 1.91. The van der Waals surface area contributed by atoms with Crippen LogP contribution in [-0.2, 0) is 0 Å². The van der Waals surface area contributed by atoms with Gasteiger partial charge in [0.15, 0.2) is 0 Å². The normalized spacial score (nSPS) is 12.7. The zero-order valence-corrected chi connectivity index (χ0v) is 12.9. The van der Waals surface area contributed by atoms with Crippen molar-refractivity contribution in [3.63, 3.8) is 0 Å². The van der Waals surface area contributed by atoms with Crippen molar-refractivity contribution in [1.82, 2.24) is 5.32 Å². The van der Waals surface area contributed by atoms with Gasteiger partial charge in [-0.2, -0.15) is 0 Å². The minimum Gasteiger partial charge on any atom is -0.494 e. The van der Waals surface area contributed by atoms with Crippen LogP contribution in [0.4, 0.5) is 0 Å². The molecule has 2 nitrogen and oxygen atoms in total. The Morgan fingerprint density at radius 1 is 1.11 bits per heavy atom. The van der Waals surface area contributed by atoms with Crippen molar-refractivity contribution in [1.29, 1.82) is 0 Å². The van der Waals surface area contributed by atoms with Gasteiger partial charge in [0.1, 0.15) is 5.75 Å². The smallest absolute Gasteiger partial charge is 0.119 e. The van der Waals surface area contributed by atoms with E-state index in [-0.39, 0.29) is 0 Å². The highest BCUT2D eigenvalue weighted by Crippen LogP contribution is 2.21. The third-order valence-electron chi connectivity index (χ3n) is 3.38. The van der Waals surface area contributed by atoms with Crippen LogP contribution < -0.4 is 10.1 Å². The molecule has 1 aromatic carbocycles. The minimum atomic E-state index is 0.634. The molecule has 0 aromatic heterocycles. The lowest BCUT2D eigenvalue weighted by Gasteiger charge is -2.11. The number of hydrogen-bond acceptors (Lipinski definition) is 2. The van der Waals surface area contributed by atoms with Gasteiger partial charge in [0.25, 0.3) is 0 Å². The van der Waals surface area contributed by atoms with Crippen LogP contribution >= 0.6 is 0 Å². The molecule has 0 fully saturated rings. The molecule has 0 bridgehead atoms. The number of hydrogen-bond donors (Lipinski definition) is 1. The zero-order chi connectivity index (χ0) is 14.1. The van der Waals surface area contributed by atoms with Gasteiger partial charge in [-0.15, -0.1) is 0 Å². The molecular formula is C17H29NO. The molecule has 0 saturated carbocycles. The van der Waals surface area contributed by atoms with Crippen molar-refractivity contribution in [3.8, 4) is 5.75 Å². The molecule has 0 aliphatic carbocycles. The van der Waals surface area contributed by atoms with E-state index in [0.717, 1.165) is 31.9 Å². The molecule has 108 valence electrons. The molecule has 0 spiro atoms. The molecule has 0 amide bonds. The number of nitrogens with one attached hydrogen (secondary N) is 1. The summed E-state index contributed by atoms with van der Waals surface area (Å²) in [4.78, 5) is 0. The summed E-state index contributed by atoms with van der Waals surface area (Å²) >= 11 is 0. The van der Waals surface area contributed by atoms with E-state index >= 15 is 0 Å². The third kappa shape index (κ3) is 6.63. The average Bonchev–Trinajstić information content (AvgIpc) is 2.42. The largest absolute Gasteiger partial charge is 0.494 e. The molecular weight excluding hydrogens is 234 g/mol. The Hall–Kier alpha value is -1.02. The van der Waals surface area contributed by atoms with Gasteiger partial charge >= 0.3 is 0 Å². The van der Waals surface area contributed by atoms with Gasteiger partial charge in [-0.1, -0.05) is 39.8 Å². The Kier molecular flexibility index (Phi) is 7.57. The standard InChI is InChI=1S/C17H29NO/c1-5-15(4)16-7-9-17(10-8-16)19-12-6-11-18-13-14(2)3/h7-10,14-15,18H,5-6,11-13H2,1-4H3. The Morgan fingerprint density at radius 3 is 2.37 bits per heavy atom. The maximum absolute atomic E-state index is 5.74. The molecule has 0 aliphatic rings. The van der Waals surface area contributed by atoms with Crippen LogP contribution in [-0.4, -0.2) is 19.7 Å². The number of rotatable bonds is 9. The fourth-order valence-corrected chi connectivity index (χ4v) is 1.91. The van der Waals surface area contributed by atoms with Crippen molar-refractivity contribution >= 4 is 0 Å². The number of ether oxygens (including phenoxy) is 1. The molecule has 0 radical (unpaired) electrons. The molecule has 1 aromatic rings. The highest BCUT2D eigenvalue weighted by atomic mass is 16.5. The molecule has 0 aliphatic heterocycles. The van der Waals surface area contributed by atoms with E-state index in [1.165, 1.54) is 12.0 Å². The van der Waals surface area contributed by atoms with E-state index in [9.17, 15) is 0 Å². The molecule has 19 heavy (non-hydrogen) atoms. The molecule has 2 heteroatoms. The summed E-state index contributed by atoms with van der Waals surface area (Å²) in [5.41, 5.74) is 1.40.